The highest BCUT2D eigenvalue weighted by molar-refractivity contribution is 6.00. The first-order valence-electron chi connectivity index (χ1n) is 6.46. The van der Waals surface area contributed by atoms with E-state index in [4.69, 9.17) is 9.94 Å². The molecule has 108 valence electrons. The van der Waals surface area contributed by atoms with E-state index in [1.807, 2.05) is 18.2 Å². The third-order valence-corrected chi connectivity index (χ3v) is 2.84. The van der Waals surface area contributed by atoms with E-state index in [1.54, 1.807) is 43.3 Å². The van der Waals surface area contributed by atoms with E-state index in [9.17, 15) is 4.79 Å². The number of oxime groups is 1. The van der Waals surface area contributed by atoms with Crippen molar-refractivity contribution in [2.75, 3.05) is 11.9 Å². The largest absolute Gasteiger partial charge is 0.483 e. The first-order chi connectivity index (χ1) is 10.2. The summed E-state index contributed by atoms with van der Waals surface area (Å²) in [7, 11) is 0. The summed E-state index contributed by atoms with van der Waals surface area (Å²) in [5, 5.41) is 14.7. The summed E-state index contributed by atoms with van der Waals surface area (Å²) in [5.74, 6) is 0.241. The maximum atomic E-state index is 11.8. The Balaban J connectivity index is 1.99. The van der Waals surface area contributed by atoms with Crippen molar-refractivity contribution >= 4 is 17.3 Å². The van der Waals surface area contributed by atoms with Gasteiger partial charge in [0.25, 0.3) is 5.91 Å². The second-order valence-electron chi connectivity index (χ2n) is 4.38. The monoisotopic (exact) mass is 284 g/mol. The molecule has 2 aromatic rings. The van der Waals surface area contributed by atoms with E-state index in [1.165, 1.54) is 0 Å². The van der Waals surface area contributed by atoms with Crippen molar-refractivity contribution in [3.05, 3.63) is 60.2 Å². The van der Waals surface area contributed by atoms with Crippen LogP contribution in [0.4, 0.5) is 5.69 Å². The van der Waals surface area contributed by atoms with Gasteiger partial charge in [-0.2, -0.15) is 0 Å². The lowest BCUT2D eigenvalue weighted by Gasteiger charge is -2.10. The van der Waals surface area contributed by atoms with Gasteiger partial charge >= 0.3 is 0 Å². The fourth-order valence-corrected chi connectivity index (χ4v) is 1.81. The Labute approximate surface area is 122 Å². The van der Waals surface area contributed by atoms with Crippen LogP contribution in [-0.4, -0.2) is 23.4 Å². The van der Waals surface area contributed by atoms with E-state index < -0.39 is 0 Å². The van der Waals surface area contributed by atoms with Crippen LogP contribution in [0, 0.1) is 0 Å². The summed E-state index contributed by atoms with van der Waals surface area (Å²) in [6.07, 6.45) is 0. The van der Waals surface area contributed by atoms with Crippen LogP contribution >= 0.6 is 0 Å². The lowest BCUT2D eigenvalue weighted by Crippen LogP contribution is -2.20. The van der Waals surface area contributed by atoms with Gasteiger partial charge in [-0.3, -0.25) is 4.79 Å². The van der Waals surface area contributed by atoms with Gasteiger partial charge in [0.05, 0.1) is 5.71 Å². The quantitative estimate of drug-likeness (QED) is 0.504. The van der Waals surface area contributed by atoms with Crippen LogP contribution in [-0.2, 0) is 4.79 Å². The number of carbonyl (C=O) groups excluding carboxylic acids is 1. The van der Waals surface area contributed by atoms with Crippen molar-refractivity contribution in [2.45, 2.75) is 6.92 Å². The summed E-state index contributed by atoms with van der Waals surface area (Å²) in [5.41, 5.74) is 1.79. The molecule has 0 saturated carbocycles. The molecule has 0 aliphatic carbocycles. The van der Waals surface area contributed by atoms with Gasteiger partial charge in [-0.05, 0) is 31.2 Å². The van der Waals surface area contributed by atoms with Crippen LogP contribution in [0.15, 0.2) is 59.8 Å². The lowest BCUT2D eigenvalue weighted by molar-refractivity contribution is -0.118. The number of benzene rings is 2. The molecule has 0 spiro atoms. The predicted molar refractivity (Wildman–Crippen MR) is 81.0 cm³/mol. The fourth-order valence-electron chi connectivity index (χ4n) is 1.81. The third-order valence-electron chi connectivity index (χ3n) is 2.84. The Morgan fingerprint density at radius 3 is 2.52 bits per heavy atom. The van der Waals surface area contributed by atoms with Gasteiger partial charge in [-0.1, -0.05) is 35.5 Å². The van der Waals surface area contributed by atoms with Crippen LogP contribution < -0.4 is 10.1 Å². The highest BCUT2D eigenvalue weighted by Gasteiger charge is 2.09. The third kappa shape index (κ3) is 4.07. The number of para-hydroxylation sites is 2. The second-order valence-corrected chi connectivity index (χ2v) is 4.38. The normalized spacial score (nSPS) is 11.0. The average Bonchev–Trinajstić information content (AvgIpc) is 2.53. The minimum atomic E-state index is -0.255. The summed E-state index contributed by atoms with van der Waals surface area (Å²) in [4.78, 5) is 11.8. The number of ether oxygens (including phenoxy) is 1. The Kier molecular flexibility index (Phi) is 4.93. The maximum absolute atomic E-state index is 11.8. The van der Waals surface area contributed by atoms with Gasteiger partial charge in [-0.25, -0.2) is 0 Å². The molecule has 2 N–H and O–H groups in total. The molecule has 0 aliphatic heterocycles. The standard InChI is InChI=1S/C16H16N2O3/c1-12(18-20)14-9-5-6-10-15(14)21-11-16(19)17-13-7-3-2-4-8-13/h2-10,20H,11H2,1H3,(H,17,19)/b18-12+. The van der Waals surface area contributed by atoms with E-state index in [0.29, 0.717) is 22.7 Å². The van der Waals surface area contributed by atoms with Crippen molar-refractivity contribution < 1.29 is 14.7 Å². The molecule has 0 heterocycles. The Morgan fingerprint density at radius 2 is 1.81 bits per heavy atom. The second kappa shape index (κ2) is 7.09. The highest BCUT2D eigenvalue weighted by Crippen LogP contribution is 2.18. The molecule has 2 rings (SSSR count). The van der Waals surface area contributed by atoms with Crippen molar-refractivity contribution in [3.8, 4) is 5.75 Å². The number of nitrogens with one attached hydrogen (secondary N) is 1. The summed E-state index contributed by atoms with van der Waals surface area (Å²) < 4.78 is 5.49. The molecule has 2 aromatic carbocycles. The molecule has 0 aliphatic rings. The number of anilines is 1. The van der Waals surface area contributed by atoms with Crippen molar-refractivity contribution in [1.82, 2.24) is 0 Å². The first-order valence-corrected chi connectivity index (χ1v) is 6.46. The molecule has 0 atom stereocenters. The van der Waals surface area contributed by atoms with Gasteiger partial charge < -0.3 is 15.3 Å². The van der Waals surface area contributed by atoms with Crippen LogP contribution in [0.5, 0.6) is 5.75 Å². The van der Waals surface area contributed by atoms with Gasteiger partial charge in [-0.15, -0.1) is 0 Å². The van der Waals surface area contributed by atoms with Gasteiger partial charge in [0, 0.05) is 11.3 Å². The molecule has 0 unspecified atom stereocenters. The zero-order valence-electron chi connectivity index (χ0n) is 11.6. The van der Waals surface area contributed by atoms with Crippen LogP contribution in [0.1, 0.15) is 12.5 Å². The molecule has 1 amide bonds. The number of carbonyl (C=O) groups is 1. The smallest absolute Gasteiger partial charge is 0.262 e. The number of rotatable bonds is 5. The van der Waals surface area contributed by atoms with Gasteiger partial charge in [0.15, 0.2) is 6.61 Å². The van der Waals surface area contributed by atoms with Crippen molar-refractivity contribution in [1.29, 1.82) is 0 Å². The average molecular weight is 284 g/mol. The Morgan fingerprint density at radius 1 is 1.14 bits per heavy atom. The van der Waals surface area contributed by atoms with E-state index >= 15 is 0 Å². The predicted octanol–water partition coefficient (Wildman–Crippen LogP) is 2.90. The molecule has 0 fully saturated rings. The molecular formula is C16H16N2O3. The Hall–Kier alpha value is -2.82. The van der Waals surface area contributed by atoms with Crippen LogP contribution in [0.3, 0.4) is 0 Å². The zero-order chi connectivity index (χ0) is 15.1. The van der Waals surface area contributed by atoms with Crippen LogP contribution in [0.2, 0.25) is 0 Å². The molecule has 5 heteroatoms. The number of nitrogens with zero attached hydrogens (tertiary/aromatic N) is 1. The SMILES string of the molecule is C/C(=N\O)c1ccccc1OCC(=O)Nc1ccccc1. The first kappa shape index (κ1) is 14.6. The summed E-state index contributed by atoms with van der Waals surface area (Å²) in [6.45, 7) is 1.54. The molecule has 5 nitrogen and oxygen atoms in total. The fraction of sp³-hybridized carbons (Fsp3) is 0.125. The van der Waals surface area contributed by atoms with Crippen LogP contribution in [0.25, 0.3) is 0 Å². The molecule has 0 saturated heterocycles. The van der Waals surface area contributed by atoms with Crippen molar-refractivity contribution in [2.24, 2.45) is 5.16 Å². The minimum absolute atomic E-state index is 0.120. The molecule has 0 bridgehead atoms. The molecule has 0 aromatic heterocycles. The molecular weight excluding hydrogens is 268 g/mol. The number of hydrogen-bond acceptors (Lipinski definition) is 4. The van der Waals surface area contributed by atoms with E-state index in [-0.39, 0.29) is 12.5 Å². The topological polar surface area (TPSA) is 70.9 Å². The lowest BCUT2D eigenvalue weighted by atomic mass is 10.1. The minimum Gasteiger partial charge on any atom is -0.483 e. The molecule has 0 radical (unpaired) electrons. The zero-order valence-corrected chi connectivity index (χ0v) is 11.6. The maximum Gasteiger partial charge on any atom is 0.262 e. The Bertz CT molecular complexity index is 639. The molecule has 21 heavy (non-hydrogen) atoms. The van der Waals surface area contributed by atoms with Gasteiger partial charge in [0.1, 0.15) is 5.75 Å². The summed E-state index contributed by atoms with van der Waals surface area (Å²) >= 11 is 0. The number of hydrogen-bond donors (Lipinski definition) is 2. The van der Waals surface area contributed by atoms with E-state index in [0.717, 1.165) is 0 Å². The van der Waals surface area contributed by atoms with E-state index in [2.05, 4.69) is 10.5 Å². The number of amides is 1. The van der Waals surface area contributed by atoms with Crippen molar-refractivity contribution in [3.63, 3.8) is 0 Å². The van der Waals surface area contributed by atoms with Gasteiger partial charge in [0.2, 0.25) is 0 Å². The highest BCUT2D eigenvalue weighted by atomic mass is 16.5. The summed E-state index contributed by atoms with van der Waals surface area (Å²) in [6, 6.07) is 16.2.